The van der Waals surface area contributed by atoms with Gasteiger partial charge in [-0.1, -0.05) is 0 Å². The summed E-state index contributed by atoms with van der Waals surface area (Å²) in [5, 5.41) is 2.83. The molecule has 3 N–H and O–H groups in total. The van der Waals surface area contributed by atoms with E-state index in [1.54, 1.807) is 18.2 Å². The third-order valence-electron chi connectivity index (χ3n) is 3.70. The van der Waals surface area contributed by atoms with Crippen LogP contribution in [0.3, 0.4) is 0 Å². The van der Waals surface area contributed by atoms with Crippen molar-refractivity contribution in [3.63, 3.8) is 0 Å². The largest absolute Gasteiger partial charge is 0.352 e. The van der Waals surface area contributed by atoms with Crippen LogP contribution >= 0.6 is 12.4 Å². The van der Waals surface area contributed by atoms with Gasteiger partial charge in [-0.15, -0.1) is 12.4 Å². The number of nitrogens with zero attached hydrogens (tertiary/aromatic N) is 1. The van der Waals surface area contributed by atoms with E-state index in [9.17, 15) is 13.2 Å². The van der Waals surface area contributed by atoms with Gasteiger partial charge in [0, 0.05) is 24.7 Å². The Balaban J connectivity index is 0.00000264. The van der Waals surface area contributed by atoms with Gasteiger partial charge in [-0.25, -0.2) is 8.42 Å². The second kappa shape index (κ2) is 7.99. The SMILES string of the molecule is CC(N)CCNC(=O)c1ccc2c(c1)CCCN2S(C)(=O)=O.Cl. The summed E-state index contributed by atoms with van der Waals surface area (Å²) in [4.78, 5) is 12.1. The molecule has 1 unspecified atom stereocenters. The number of hydrogen-bond acceptors (Lipinski definition) is 4. The molecule has 0 aromatic heterocycles. The highest BCUT2D eigenvalue weighted by Gasteiger charge is 2.24. The molecule has 6 nitrogen and oxygen atoms in total. The van der Waals surface area contributed by atoms with Crippen LogP contribution in [0, 0.1) is 0 Å². The molecule has 0 spiro atoms. The van der Waals surface area contributed by atoms with Crippen LogP contribution in [0.15, 0.2) is 18.2 Å². The van der Waals surface area contributed by atoms with E-state index in [-0.39, 0.29) is 24.4 Å². The van der Waals surface area contributed by atoms with E-state index in [2.05, 4.69) is 5.32 Å². The van der Waals surface area contributed by atoms with Crippen molar-refractivity contribution in [3.8, 4) is 0 Å². The van der Waals surface area contributed by atoms with Gasteiger partial charge in [0.15, 0.2) is 0 Å². The Hall–Kier alpha value is -1.31. The molecule has 1 atom stereocenters. The van der Waals surface area contributed by atoms with Crippen LogP contribution in [0.2, 0.25) is 0 Å². The molecule has 23 heavy (non-hydrogen) atoms. The third-order valence-corrected chi connectivity index (χ3v) is 4.88. The summed E-state index contributed by atoms with van der Waals surface area (Å²) < 4.78 is 25.0. The quantitative estimate of drug-likeness (QED) is 0.826. The van der Waals surface area contributed by atoms with E-state index < -0.39 is 10.0 Å². The van der Waals surface area contributed by atoms with Crippen molar-refractivity contribution >= 4 is 34.0 Å². The van der Waals surface area contributed by atoms with E-state index in [4.69, 9.17) is 5.73 Å². The molecular weight excluding hydrogens is 338 g/mol. The minimum absolute atomic E-state index is 0. The number of aryl methyl sites for hydroxylation is 1. The average Bonchev–Trinajstić information content (AvgIpc) is 2.44. The Morgan fingerprint density at radius 2 is 2.13 bits per heavy atom. The van der Waals surface area contributed by atoms with Gasteiger partial charge >= 0.3 is 0 Å². The molecule has 130 valence electrons. The standard InChI is InChI=1S/C15H23N3O3S.ClH/c1-11(16)7-8-17-15(19)13-5-6-14-12(10-13)4-3-9-18(14)22(2,20)21;/h5-6,10-11H,3-4,7-9,16H2,1-2H3,(H,17,19);1H. The highest BCUT2D eigenvalue weighted by atomic mass is 35.5. The lowest BCUT2D eigenvalue weighted by Gasteiger charge is -2.29. The number of nitrogens with two attached hydrogens (primary N) is 1. The Bertz CT molecular complexity index is 662. The fraction of sp³-hybridized carbons (Fsp3) is 0.533. The van der Waals surface area contributed by atoms with E-state index in [0.717, 1.165) is 24.8 Å². The first kappa shape index (κ1) is 19.7. The van der Waals surface area contributed by atoms with Gasteiger partial charge < -0.3 is 11.1 Å². The van der Waals surface area contributed by atoms with Crippen LogP contribution in [-0.2, 0) is 16.4 Å². The predicted molar refractivity (Wildman–Crippen MR) is 94.8 cm³/mol. The number of sulfonamides is 1. The maximum atomic E-state index is 12.1. The Labute approximate surface area is 143 Å². The summed E-state index contributed by atoms with van der Waals surface area (Å²) in [6, 6.07) is 5.22. The summed E-state index contributed by atoms with van der Waals surface area (Å²) >= 11 is 0. The summed E-state index contributed by atoms with van der Waals surface area (Å²) in [5.41, 5.74) is 7.79. The second-order valence-corrected chi connectivity index (χ2v) is 7.71. The first-order valence-electron chi connectivity index (χ1n) is 7.43. The molecule has 1 aromatic carbocycles. The molecule has 0 saturated heterocycles. The topological polar surface area (TPSA) is 92.5 Å². The molecule has 0 radical (unpaired) electrons. The van der Waals surface area contributed by atoms with Gasteiger partial charge in [-0.3, -0.25) is 9.10 Å². The first-order valence-corrected chi connectivity index (χ1v) is 9.28. The zero-order valence-corrected chi connectivity index (χ0v) is 15.0. The molecule has 0 bridgehead atoms. The van der Waals surface area contributed by atoms with Crippen molar-refractivity contribution < 1.29 is 13.2 Å². The monoisotopic (exact) mass is 361 g/mol. The minimum Gasteiger partial charge on any atom is -0.352 e. The van der Waals surface area contributed by atoms with Crippen molar-refractivity contribution in [2.45, 2.75) is 32.2 Å². The smallest absolute Gasteiger partial charge is 0.251 e. The van der Waals surface area contributed by atoms with Gasteiger partial charge in [0.2, 0.25) is 10.0 Å². The van der Waals surface area contributed by atoms with E-state index >= 15 is 0 Å². The van der Waals surface area contributed by atoms with Crippen LogP contribution in [-0.4, -0.2) is 39.7 Å². The van der Waals surface area contributed by atoms with Crippen molar-refractivity contribution in [3.05, 3.63) is 29.3 Å². The zero-order valence-electron chi connectivity index (χ0n) is 13.4. The predicted octanol–water partition coefficient (Wildman–Crippen LogP) is 1.29. The fourth-order valence-electron chi connectivity index (χ4n) is 2.56. The van der Waals surface area contributed by atoms with Gasteiger partial charge in [-0.05, 0) is 49.9 Å². The molecule has 1 heterocycles. The molecule has 1 aliphatic rings. The molecule has 0 fully saturated rings. The fourth-order valence-corrected chi connectivity index (χ4v) is 3.56. The summed E-state index contributed by atoms with van der Waals surface area (Å²) in [7, 11) is -3.28. The Kier molecular flexibility index (Phi) is 6.85. The molecule has 2 rings (SSSR count). The van der Waals surface area contributed by atoms with Crippen molar-refractivity contribution in [1.82, 2.24) is 5.32 Å². The molecule has 1 aromatic rings. The lowest BCUT2D eigenvalue weighted by atomic mass is 10.0. The number of nitrogens with one attached hydrogen (secondary N) is 1. The maximum absolute atomic E-state index is 12.1. The molecule has 1 amide bonds. The molecular formula is C15H24ClN3O3S. The van der Waals surface area contributed by atoms with Gasteiger partial charge in [-0.2, -0.15) is 0 Å². The van der Waals surface area contributed by atoms with Crippen molar-refractivity contribution in [2.75, 3.05) is 23.7 Å². The zero-order chi connectivity index (χ0) is 16.3. The van der Waals surface area contributed by atoms with Crippen LogP contribution in [0.25, 0.3) is 0 Å². The minimum atomic E-state index is -3.28. The second-order valence-electron chi connectivity index (χ2n) is 5.80. The van der Waals surface area contributed by atoms with Crippen LogP contribution in [0.4, 0.5) is 5.69 Å². The number of amides is 1. The Morgan fingerprint density at radius 3 is 2.74 bits per heavy atom. The van der Waals surface area contributed by atoms with Gasteiger partial charge in [0.05, 0.1) is 11.9 Å². The number of anilines is 1. The lowest BCUT2D eigenvalue weighted by molar-refractivity contribution is 0.0952. The number of benzene rings is 1. The summed E-state index contributed by atoms with van der Waals surface area (Å²) in [6.07, 6.45) is 3.47. The van der Waals surface area contributed by atoms with Gasteiger partial charge in [0.1, 0.15) is 0 Å². The molecule has 0 aliphatic carbocycles. The highest BCUT2D eigenvalue weighted by molar-refractivity contribution is 7.92. The number of carbonyl (C=O) groups excluding carboxylic acids is 1. The van der Waals surface area contributed by atoms with Crippen molar-refractivity contribution in [2.24, 2.45) is 5.73 Å². The van der Waals surface area contributed by atoms with E-state index in [1.807, 2.05) is 6.92 Å². The summed E-state index contributed by atoms with van der Waals surface area (Å²) in [6.45, 7) is 2.92. The van der Waals surface area contributed by atoms with Gasteiger partial charge in [0.25, 0.3) is 5.91 Å². The Morgan fingerprint density at radius 1 is 1.43 bits per heavy atom. The third kappa shape index (κ3) is 5.09. The normalized spacial score (nSPS) is 15.3. The van der Waals surface area contributed by atoms with Crippen molar-refractivity contribution in [1.29, 1.82) is 0 Å². The van der Waals surface area contributed by atoms with E-state index in [1.165, 1.54) is 10.6 Å². The lowest BCUT2D eigenvalue weighted by Crippen LogP contribution is -2.35. The van der Waals surface area contributed by atoms with Crippen LogP contribution in [0.1, 0.15) is 35.7 Å². The number of carbonyl (C=O) groups is 1. The highest BCUT2D eigenvalue weighted by Crippen LogP contribution is 2.29. The maximum Gasteiger partial charge on any atom is 0.251 e. The number of halogens is 1. The van der Waals surface area contributed by atoms with Crippen LogP contribution in [0.5, 0.6) is 0 Å². The molecule has 8 heteroatoms. The average molecular weight is 362 g/mol. The number of rotatable bonds is 5. The molecule has 1 aliphatic heterocycles. The number of fused-ring (bicyclic) bond motifs is 1. The molecule has 0 saturated carbocycles. The number of hydrogen-bond donors (Lipinski definition) is 2. The van der Waals surface area contributed by atoms with E-state index in [0.29, 0.717) is 24.3 Å². The first-order chi connectivity index (χ1) is 10.3. The van der Waals surface area contributed by atoms with Crippen LogP contribution < -0.4 is 15.4 Å². The summed E-state index contributed by atoms with van der Waals surface area (Å²) in [5.74, 6) is -0.153.